The molecule has 5 N–H and O–H groups in total. The Balaban J connectivity index is 1.99. The fraction of sp³-hybridized carbons (Fsp3) is 0.762. The van der Waals surface area contributed by atoms with Crippen molar-refractivity contribution in [3.8, 4) is 0 Å². The predicted octanol–water partition coefficient (Wildman–Crippen LogP) is 1.58. The van der Waals surface area contributed by atoms with Gasteiger partial charge in [-0.15, -0.1) is 0 Å². The maximum Gasteiger partial charge on any atom is 0.176 e. The molecule has 0 spiro atoms. The molecule has 0 aromatic carbocycles. The topological polar surface area (TPSA) is 140 Å². The molecule has 0 radical (unpaired) electrons. The van der Waals surface area contributed by atoms with Gasteiger partial charge in [-0.3, -0.25) is 4.57 Å². The summed E-state index contributed by atoms with van der Waals surface area (Å²) in [7, 11) is 0. The molecule has 4 rings (SSSR count). The van der Waals surface area contributed by atoms with Crippen LogP contribution in [0.4, 0.5) is 5.82 Å². The third-order valence-electron chi connectivity index (χ3n) is 6.49. The van der Waals surface area contributed by atoms with E-state index in [4.69, 9.17) is 20.4 Å². The standard InChI is InChI=1S/C21H33N5O4/c1-3-7-14-23-18(22)15-20(24-14)26(19(25-15)12-8-5-6-9-12)21(10-4-2)17(29)16(28)13(11-27)30-21/h12-13,16-17,27-29H,3-11H2,1-2H3,(H2,22,23,24)/t13-,16-,17-,21-/m1/s1. The van der Waals surface area contributed by atoms with Crippen LogP contribution in [0.5, 0.6) is 0 Å². The Kier molecular flexibility index (Phi) is 5.98. The summed E-state index contributed by atoms with van der Waals surface area (Å²) in [5, 5.41) is 31.5. The summed E-state index contributed by atoms with van der Waals surface area (Å²) in [4.78, 5) is 14.1. The highest BCUT2D eigenvalue weighted by Crippen LogP contribution is 2.45. The summed E-state index contributed by atoms with van der Waals surface area (Å²) in [5.41, 5.74) is 6.05. The van der Waals surface area contributed by atoms with E-state index in [1.54, 1.807) is 0 Å². The number of fused-ring (bicyclic) bond motifs is 1. The van der Waals surface area contributed by atoms with Gasteiger partial charge in [0.1, 0.15) is 30.0 Å². The van der Waals surface area contributed by atoms with Gasteiger partial charge >= 0.3 is 0 Å². The smallest absolute Gasteiger partial charge is 0.176 e. The van der Waals surface area contributed by atoms with Gasteiger partial charge in [0.05, 0.1) is 6.61 Å². The quantitative estimate of drug-likeness (QED) is 0.530. The van der Waals surface area contributed by atoms with E-state index in [1.165, 1.54) is 0 Å². The molecule has 2 aromatic rings. The summed E-state index contributed by atoms with van der Waals surface area (Å²) in [5.74, 6) is 1.92. The fourth-order valence-electron chi connectivity index (χ4n) is 5.09. The van der Waals surface area contributed by atoms with Crippen molar-refractivity contribution in [1.82, 2.24) is 19.5 Å². The third kappa shape index (κ3) is 3.28. The maximum atomic E-state index is 11.2. The van der Waals surface area contributed by atoms with Gasteiger partial charge in [0.15, 0.2) is 22.7 Å². The molecule has 0 unspecified atom stereocenters. The maximum absolute atomic E-state index is 11.2. The molecule has 2 aromatic heterocycles. The van der Waals surface area contributed by atoms with Crippen LogP contribution in [0.2, 0.25) is 0 Å². The highest BCUT2D eigenvalue weighted by atomic mass is 16.6. The predicted molar refractivity (Wildman–Crippen MR) is 112 cm³/mol. The van der Waals surface area contributed by atoms with Gasteiger partial charge in [-0.05, 0) is 25.7 Å². The molecule has 30 heavy (non-hydrogen) atoms. The van der Waals surface area contributed by atoms with Gasteiger partial charge < -0.3 is 25.8 Å². The largest absolute Gasteiger partial charge is 0.394 e. The third-order valence-corrected chi connectivity index (χ3v) is 6.49. The molecule has 0 amide bonds. The molecule has 1 saturated carbocycles. The lowest BCUT2D eigenvalue weighted by atomic mass is 9.96. The SMILES string of the molecule is CCCc1nc(N)c2nc(C3CCCC3)n([C@]3(CCC)O[C@H](CO)[C@@H](O)[C@H]3O)c2n1. The molecule has 4 atom stereocenters. The molecule has 1 aliphatic heterocycles. The molecule has 0 bridgehead atoms. The summed E-state index contributed by atoms with van der Waals surface area (Å²) < 4.78 is 8.10. The van der Waals surface area contributed by atoms with Crippen molar-refractivity contribution in [2.45, 2.75) is 95.2 Å². The van der Waals surface area contributed by atoms with E-state index < -0.39 is 24.0 Å². The van der Waals surface area contributed by atoms with Crippen LogP contribution < -0.4 is 5.73 Å². The van der Waals surface area contributed by atoms with Crippen molar-refractivity contribution in [2.24, 2.45) is 0 Å². The summed E-state index contributed by atoms with van der Waals surface area (Å²) in [6, 6.07) is 0. The normalized spacial score (nSPS) is 30.0. The Bertz CT molecular complexity index is 897. The Morgan fingerprint density at radius 2 is 1.87 bits per heavy atom. The Morgan fingerprint density at radius 3 is 2.47 bits per heavy atom. The number of imidazole rings is 1. The lowest BCUT2D eigenvalue weighted by molar-refractivity contribution is -0.152. The minimum Gasteiger partial charge on any atom is -0.394 e. The number of aliphatic hydroxyl groups is 3. The Hall–Kier alpha value is -1.81. The highest BCUT2D eigenvalue weighted by molar-refractivity contribution is 5.82. The number of aliphatic hydroxyl groups excluding tert-OH is 3. The van der Waals surface area contributed by atoms with E-state index in [9.17, 15) is 15.3 Å². The molecular formula is C21H33N5O4. The summed E-state index contributed by atoms with van der Waals surface area (Å²) in [6.07, 6.45) is 3.59. The lowest BCUT2D eigenvalue weighted by Gasteiger charge is -2.36. The van der Waals surface area contributed by atoms with Gasteiger partial charge in [-0.1, -0.05) is 33.1 Å². The number of hydrogen-bond acceptors (Lipinski definition) is 8. The molecule has 1 aliphatic carbocycles. The number of ether oxygens (including phenoxy) is 1. The second kappa shape index (κ2) is 8.37. The molecule has 2 fully saturated rings. The first kappa shape index (κ1) is 21.4. The van der Waals surface area contributed by atoms with Crippen LogP contribution in [0.25, 0.3) is 11.2 Å². The Morgan fingerprint density at radius 1 is 1.13 bits per heavy atom. The number of anilines is 1. The van der Waals surface area contributed by atoms with E-state index >= 15 is 0 Å². The fourth-order valence-corrected chi connectivity index (χ4v) is 5.09. The van der Waals surface area contributed by atoms with E-state index in [-0.39, 0.29) is 12.5 Å². The zero-order valence-corrected chi connectivity index (χ0v) is 17.8. The molecule has 3 heterocycles. The number of nitrogens with zero attached hydrogens (tertiary/aromatic N) is 4. The van der Waals surface area contributed by atoms with Gasteiger partial charge in [-0.2, -0.15) is 0 Å². The molecule has 2 aliphatic rings. The molecule has 166 valence electrons. The monoisotopic (exact) mass is 419 g/mol. The van der Waals surface area contributed by atoms with Crippen LogP contribution in [0, 0.1) is 0 Å². The first-order valence-electron chi connectivity index (χ1n) is 11.2. The number of aryl methyl sites for hydroxylation is 1. The molecular weight excluding hydrogens is 386 g/mol. The average molecular weight is 420 g/mol. The van der Waals surface area contributed by atoms with E-state index in [1.807, 2.05) is 11.5 Å². The number of rotatable bonds is 7. The van der Waals surface area contributed by atoms with Crippen molar-refractivity contribution in [2.75, 3.05) is 12.3 Å². The van der Waals surface area contributed by atoms with Crippen LogP contribution in [-0.2, 0) is 16.9 Å². The minimum atomic E-state index is -1.27. The second-order valence-electron chi connectivity index (χ2n) is 8.60. The van der Waals surface area contributed by atoms with Crippen molar-refractivity contribution in [3.63, 3.8) is 0 Å². The van der Waals surface area contributed by atoms with Crippen LogP contribution in [-0.4, -0.2) is 59.8 Å². The Labute approximate surface area is 176 Å². The van der Waals surface area contributed by atoms with Gasteiger partial charge in [0.2, 0.25) is 0 Å². The van der Waals surface area contributed by atoms with Crippen LogP contribution >= 0.6 is 0 Å². The van der Waals surface area contributed by atoms with Crippen LogP contribution in [0.3, 0.4) is 0 Å². The lowest BCUT2D eigenvalue weighted by Crippen LogP contribution is -2.46. The number of nitrogen functional groups attached to an aromatic ring is 1. The van der Waals surface area contributed by atoms with Crippen LogP contribution in [0.15, 0.2) is 0 Å². The van der Waals surface area contributed by atoms with Gasteiger partial charge in [-0.25, -0.2) is 15.0 Å². The first-order chi connectivity index (χ1) is 14.5. The molecule has 9 nitrogen and oxygen atoms in total. The van der Waals surface area contributed by atoms with E-state index in [0.717, 1.165) is 37.9 Å². The summed E-state index contributed by atoms with van der Waals surface area (Å²) in [6.45, 7) is 3.67. The zero-order valence-electron chi connectivity index (χ0n) is 17.8. The van der Waals surface area contributed by atoms with Gasteiger partial charge in [0.25, 0.3) is 0 Å². The van der Waals surface area contributed by atoms with E-state index in [2.05, 4.69) is 11.9 Å². The number of nitrogens with two attached hydrogens (primary N) is 1. The minimum absolute atomic E-state index is 0.197. The second-order valence-corrected chi connectivity index (χ2v) is 8.60. The molecule has 9 heteroatoms. The summed E-state index contributed by atoms with van der Waals surface area (Å²) >= 11 is 0. The van der Waals surface area contributed by atoms with Gasteiger partial charge in [0, 0.05) is 12.3 Å². The van der Waals surface area contributed by atoms with Crippen molar-refractivity contribution in [1.29, 1.82) is 0 Å². The van der Waals surface area contributed by atoms with Crippen molar-refractivity contribution >= 4 is 17.0 Å². The van der Waals surface area contributed by atoms with E-state index in [0.29, 0.717) is 42.1 Å². The highest BCUT2D eigenvalue weighted by Gasteiger charge is 2.56. The molecule has 1 saturated heterocycles. The van der Waals surface area contributed by atoms with Crippen LogP contribution in [0.1, 0.15) is 76.4 Å². The number of aromatic nitrogens is 4. The zero-order chi connectivity index (χ0) is 21.5. The van der Waals surface area contributed by atoms with Crippen molar-refractivity contribution in [3.05, 3.63) is 11.6 Å². The van der Waals surface area contributed by atoms with Crippen molar-refractivity contribution < 1.29 is 20.1 Å². The average Bonchev–Trinajstić information content (AvgIpc) is 3.43. The first-order valence-corrected chi connectivity index (χ1v) is 11.2. The number of hydrogen-bond donors (Lipinski definition) is 4.